The van der Waals surface area contributed by atoms with Gasteiger partial charge in [0, 0.05) is 12.6 Å². The van der Waals surface area contributed by atoms with Crippen LogP contribution in [0.15, 0.2) is 0 Å². The van der Waals surface area contributed by atoms with Crippen LogP contribution >= 0.6 is 0 Å². The van der Waals surface area contributed by atoms with Gasteiger partial charge in [-0.3, -0.25) is 14.5 Å². The van der Waals surface area contributed by atoms with E-state index in [-0.39, 0.29) is 18.2 Å². The quantitative estimate of drug-likeness (QED) is 0.452. The monoisotopic (exact) mass is 258 g/mol. The normalized spacial score (nSPS) is 12.8. The molecule has 106 valence electrons. The van der Waals surface area contributed by atoms with Gasteiger partial charge >= 0.3 is 5.97 Å². The lowest BCUT2D eigenvalue weighted by Crippen LogP contribution is -2.43. The zero-order valence-electron chi connectivity index (χ0n) is 12.2. The maximum absolute atomic E-state index is 11.7. The molecule has 0 aromatic rings. The zero-order valence-corrected chi connectivity index (χ0v) is 12.2. The molecule has 0 aromatic carbocycles. The van der Waals surface area contributed by atoms with E-state index in [4.69, 9.17) is 4.74 Å². The lowest BCUT2D eigenvalue weighted by atomic mass is 10.2. The number of esters is 1. The molecule has 0 heterocycles. The molecule has 0 rings (SSSR count). The van der Waals surface area contributed by atoms with Crippen molar-refractivity contribution in [3.8, 4) is 0 Å². The second-order valence-corrected chi connectivity index (χ2v) is 4.69. The van der Waals surface area contributed by atoms with E-state index >= 15 is 0 Å². The predicted octanol–water partition coefficient (Wildman–Crippen LogP) is 0.781. The molecule has 0 bridgehead atoms. The van der Waals surface area contributed by atoms with Crippen molar-refractivity contribution in [2.75, 3.05) is 40.3 Å². The van der Waals surface area contributed by atoms with Crippen LogP contribution in [0.4, 0.5) is 0 Å². The average molecular weight is 258 g/mol. The molecule has 0 spiro atoms. The van der Waals surface area contributed by atoms with Gasteiger partial charge in [0.25, 0.3) is 0 Å². The molecule has 0 aliphatic heterocycles. The van der Waals surface area contributed by atoms with Crippen LogP contribution in [0.25, 0.3) is 0 Å². The Morgan fingerprint density at radius 3 is 2.28 bits per heavy atom. The molecule has 5 nitrogen and oxygen atoms in total. The average Bonchev–Trinajstić information content (AvgIpc) is 2.24. The van der Waals surface area contributed by atoms with Gasteiger partial charge in [-0.2, -0.15) is 0 Å². The predicted molar refractivity (Wildman–Crippen MR) is 71.5 cm³/mol. The number of ether oxygens (including phenoxy) is 1. The van der Waals surface area contributed by atoms with Gasteiger partial charge in [0.2, 0.25) is 0 Å². The molecule has 1 unspecified atom stereocenters. The summed E-state index contributed by atoms with van der Waals surface area (Å²) >= 11 is 0. The third-order valence-electron chi connectivity index (χ3n) is 2.69. The first-order valence-corrected chi connectivity index (χ1v) is 6.46. The molecule has 0 saturated carbocycles. The van der Waals surface area contributed by atoms with Crippen LogP contribution in [-0.4, -0.2) is 67.9 Å². The van der Waals surface area contributed by atoms with Crippen molar-refractivity contribution >= 4 is 11.8 Å². The SMILES string of the molecule is CCOC(=O)CC(=O)CN(CC)C(C)CN(C)C. The smallest absolute Gasteiger partial charge is 0.313 e. The van der Waals surface area contributed by atoms with Crippen molar-refractivity contribution in [3.05, 3.63) is 0 Å². The highest BCUT2D eigenvalue weighted by Gasteiger charge is 2.18. The lowest BCUT2D eigenvalue weighted by molar-refractivity contribution is -0.145. The highest BCUT2D eigenvalue weighted by Crippen LogP contribution is 2.02. The van der Waals surface area contributed by atoms with Crippen molar-refractivity contribution in [1.29, 1.82) is 0 Å². The van der Waals surface area contributed by atoms with E-state index in [0.717, 1.165) is 13.1 Å². The minimum Gasteiger partial charge on any atom is -0.466 e. The molecule has 18 heavy (non-hydrogen) atoms. The topological polar surface area (TPSA) is 49.9 Å². The van der Waals surface area contributed by atoms with Gasteiger partial charge in [-0.25, -0.2) is 0 Å². The molecule has 0 N–H and O–H groups in total. The van der Waals surface area contributed by atoms with Gasteiger partial charge in [0.15, 0.2) is 5.78 Å². The number of rotatable bonds is 9. The summed E-state index contributed by atoms with van der Waals surface area (Å²) in [6, 6.07) is 0.288. The fourth-order valence-electron chi connectivity index (χ4n) is 1.88. The van der Waals surface area contributed by atoms with E-state index in [1.807, 2.05) is 21.0 Å². The van der Waals surface area contributed by atoms with E-state index in [1.165, 1.54) is 0 Å². The third-order valence-corrected chi connectivity index (χ3v) is 2.69. The zero-order chi connectivity index (χ0) is 14.1. The number of nitrogens with zero attached hydrogens (tertiary/aromatic N) is 2. The second-order valence-electron chi connectivity index (χ2n) is 4.69. The van der Waals surface area contributed by atoms with Gasteiger partial charge in [0.1, 0.15) is 6.42 Å². The van der Waals surface area contributed by atoms with Gasteiger partial charge < -0.3 is 9.64 Å². The first-order valence-electron chi connectivity index (χ1n) is 6.46. The number of Topliss-reactive ketones (excluding diaryl/α,β-unsaturated/α-hetero) is 1. The Morgan fingerprint density at radius 1 is 1.22 bits per heavy atom. The Kier molecular flexibility index (Phi) is 8.58. The van der Waals surface area contributed by atoms with Crippen LogP contribution in [0.5, 0.6) is 0 Å². The fourth-order valence-corrected chi connectivity index (χ4v) is 1.88. The largest absolute Gasteiger partial charge is 0.466 e. The molecule has 0 aliphatic rings. The van der Waals surface area contributed by atoms with E-state index in [0.29, 0.717) is 13.2 Å². The molecule has 0 aromatic heterocycles. The van der Waals surface area contributed by atoms with Crippen molar-refractivity contribution in [1.82, 2.24) is 9.80 Å². The highest BCUT2D eigenvalue weighted by molar-refractivity contribution is 5.96. The highest BCUT2D eigenvalue weighted by atomic mass is 16.5. The van der Waals surface area contributed by atoms with Crippen molar-refractivity contribution in [2.24, 2.45) is 0 Å². The Balaban J connectivity index is 4.19. The summed E-state index contributed by atoms with van der Waals surface area (Å²) in [5.74, 6) is -0.514. The Labute approximate surface area is 110 Å². The molecule has 0 fully saturated rings. The number of carbonyl (C=O) groups excluding carboxylic acids is 2. The number of hydrogen-bond acceptors (Lipinski definition) is 5. The van der Waals surface area contributed by atoms with Gasteiger partial charge in [-0.15, -0.1) is 0 Å². The van der Waals surface area contributed by atoms with Crippen LogP contribution in [0.2, 0.25) is 0 Å². The van der Waals surface area contributed by atoms with Crippen LogP contribution in [0.1, 0.15) is 27.2 Å². The first-order chi connectivity index (χ1) is 8.40. The summed E-state index contributed by atoms with van der Waals surface area (Å²) in [4.78, 5) is 27.1. The standard InChI is InChI=1S/C13H26N2O3/c1-6-15(11(3)9-14(4)5)10-12(16)8-13(17)18-7-2/h11H,6-10H2,1-5H3. The third kappa shape index (κ3) is 7.40. The maximum atomic E-state index is 11.7. The number of hydrogen-bond donors (Lipinski definition) is 0. The molecule has 1 atom stereocenters. The summed E-state index contributed by atoms with van der Waals surface area (Å²) in [7, 11) is 4.01. The van der Waals surface area contributed by atoms with Crippen molar-refractivity contribution in [2.45, 2.75) is 33.2 Å². The minimum atomic E-state index is -0.432. The fraction of sp³-hybridized carbons (Fsp3) is 0.846. The Hall–Kier alpha value is -0.940. The van der Waals surface area contributed by atoms with Crippen molar-refractivity contribution < 1.29 is 14.3 Å². The number of likely N-dealkylation sites (N-methyl/N-ethyl adjacent to an activating group) is 2. The molecule has 0 amide bonds. The van der Waals surface area contributed by atoms with Crippen LogP contribution in [0, 0.1) is 0 Å². The first kappa shape index (κ1) is 17.1. The summed E-state index contributed by atoms with van der Waals surface area (Å²) < 4.78 is 4.77. The molecule has 0 aliphatic carbocycles. The van der Waals surface area contributed by atoms with E-state index in [9.17, 15) is 9.59 Å². The number of carbonyl (C=O) groups is 2. The summed E-state index contributed by atoms with van der Waals surface area (Å²) in [5, 5.41) is 0. The summed E-state index contributed by atoms with van der Waals surface area (Å²) in [6.45, 7) is 8.15. The van der Waals surface area contributed by atoms with Crippen molar-refractivity contribution in [3.63, 3.8) is 0 Å². The second kappa shape index (κ2) is 9.05. The molecular formula is C13H26N2O3. The minimum absolute atomic E-state index is 0.0825. The summed E-state index contributed by atoms with van der Waals surface area (Å²) in [6.07, 6.45) is -0.126. The molecular weight excluding hydrogens is 232 g/mol. The van der Waals surface area contributed by atoms with E-state index < -0.39 is 5.97 Å². The van der Waals surface area contributed by atoms with Gasteiger partial charge in [-0.05, 0) is 34.5 Å². The molecule has 0 radical (unpaired) electrons. The van der Waals surface area contributed by atoms with Crippen LogP contribution in [-0.2, 0) is 14.3 Å². The van der Waals surface area contributed by atoms with Crippen LogP contribution < -0.4 is 0 Å². The van der Waals surface area contributed by atoms with Gasteiger partial charge in [-0.1, -0.05) is 6.92 Å². The Morgan fingerprint density at radius 2 is 1.83 bits per heavy atom. The molecule has 0 saturated heterocycles. The van der Waals surface area contributed by atoms with Crippen LogP contribution in [0.3, 0.4) is 0 Å². The Bertz CT molecular complexity index is 267. The summed E-state index contributed by atoms with van der Waals surface area (Å²) in [5.41, 5.74) is 0. The molecule has 5 heteroatoms. The van der Waals surface area contributed by atoms with E-state index in [2.05, 4.69) is 16.7 Å². The number of ketones is 1. The van der Waals surface area contributed by atoms with Gasteiger partial charge in [0.05, 0.1) is 13.2 Å². The van der Waals surface area contributed by atoms with E-state index in [1.54, 1.807) is 6.92 Å². The lowest BCUT2D eigenvalue weighted by Gasteiger charge is -2.29. The maximum Gasteiger partial charge on any atom is 0.313 e.